The molecule has 0 radical (unpaired) electrons. The quantitative estimate of drug-likeness (QED) is 0.875. The van der Waals surface area contributed by atoms with E-state index >= 15 is 0 Å². The van der Waals surface area contributed by atoms with Gasteiger partial charge in [-0.3, -0.25) is 0 Å². The second-order valence-corrected chi connectivity index (χ2v) is 4.34. The number of aliphatic hydroxyl groups is 1. The Morgan fingerprint density at radius 2 is 1.81 bits per heavy atom. The van der Waals surface area contributed by atoms with Crippen LogP contribution in [0.3, 0.4) is 0 Å². The van der Waals surface area contributed by atoms with E-state index < -0.39 is 5.82 Å². The van der Waals surface area contributed by atoms with Gasteiger partial charge in [0.15, 0.2) is 11.6 Å². The summed E-state index contributed by atoms with van der Waals surface area (Å²) in [5.41, 5.74) is 1.35. The largest absolute Gasteiger partial charge is 0.486 e. The summed E-state index contributed by atoms with van der Waals surface area (Å²) in [6.07, 6.45) is 0.364. The predicted molar refractivity (Wildman–Crippen MR) is 75.7 cm³/mol. The third kappa shape index (κ3) is 4.59. The minimum atomic E-state index is -0.482. The van der Waals surface area contributed by atoms with Crippen molar-refractivity contribution >= 4 is 0 Å². The van der Waals surface area contributed by atoms with Crippen molar-refractivity contribution in [1.29, 1.82) is 0 Å². The van der Waals surface area contributed by atoms with E-state index in [0.29, 0.717) is 12.0 Å². The number of aliphatic hydroxyl groups excluding tert-OH is 1. The van der Waals surface area contributed by atoms with Gasteiger partial charge in [-0.05, 0) is 35.9 Å². The Labute approximate surface area is 122 Å². The zero-order chi connectivity index (χ0) is 15.1. The van der Waals surface area contributed by atoms with Gasteiger partial charge in [0.25, 0.3) is 0 Å². The average molecular weight is 288 g/mol. The fraction of sp³-hybridized carbons (Fsp3) is 0.176. The molecular formula is C17H14F2O2. The zero-order valence-corrected chi connectivity index (χ0v) is 11.3. The lowest BCUT2D eigenvalue weighted by Gasteiger charge is -2.07. The Hall–Kier alpha value is -2.38. The van der Waals surface area contributed by atoms with Gasteiger partial charge >= 0.3 is 0 Å². The van der Waals surface area contributed by atoms with E-state index in [1.54, 1.807) is 18.2 Å². The Balaban J connectivity index is 2.07. The third-order valence-corrected chi connectivity index (χ3v) is 2.71. The summed E-state index contributed by atoms with van der Waals surface area (Å²) in [5.74, 6) is 4.85. The van der Waals surface area contributed by atoms with Crippen molar-refractivity contribution in [2.24, 2.45) is 0 Å². The van der Waals surface area contributed by atoms with Crippen LogP contribution in [-0.2, 0) is 6.61 Å². The van der Waals surface area contributed by atoms with Gasteiger partial charge in [0.05, 0.1) is 6.61 Å². The maximum absolute atomic E-state index is 13.7. The molecule has 1 N–H and O–H groups in total. The molecule has 0 aliphatic carbocycles. The summed E-state index contributed by atoms with van der Waals surface area (Å²) in [7, 11) is 0. The molecule has 108 valence electrons. The van der Waals surface area contributed by atoms with Crippen LogP contribution in [0.15, 0.2) is 42.5 Å². The lowest BCUT2D eigenvalue weighted by molar-refractivity contribution is 0.290. The molecule has 0 saturated carbocycles. The van der Waals surface area contributed by atoms with Crippen LogP contribution in [0.1, 0.15) is 17.5 Å². The van der Waals surface area contributed by atoms with E-state index in [-0.39, 0.29) is 24.8 Å². The molecule has 2 rings (SSSR count). The van der Waals surface area contributed by atoms with E-state index in [2.05, 4.69) is 11.8 Å². The van der Waals surface area contributed by atoms with Crippen molar-refractivity contribution in [3.8, 4) is 17.6 Å². The van der Waals surface area contributed by atoms with Crippen molar-refractivity contribution < 1.29 is 18.6 Å². The van der Waals surface area contributed by atoms with Gasteiger partial charge in [-0.1, -0.05) is 24.0 Å². The molecule has 0 fully saturated rings. The first-order valence-corrected chi connectivity index (χ1v) is 6.45. The van der Waals surface area contributed by atoms with Crippen LogP contribution in [0.4, 0.5) is 8.78 Å². The minimum Gasteiger partial charge on any atom is -0.486 e. The highest BCUT2D eigenvalue weighted by Crippen LogP contribution is 2.20. The highest BCUT2D eigenvalue weighted by atomic mass is 19.1. The molecule has 0 amide bonds. The van der Waals surface area contributed by atoms with Crippen LogP contribution in [0.25, 0.3) is 0 Å². The molecule has 0 atom stereocenters. The first-order valence-electron chi connectivity index (χ1n) is 6.45. The van der Waals surface area contributed by atoms with Crippen molar-refractivity contribution in [2.75, 3.05) is 6.61 Å². The zero-order valence-electron chi connectivity index (χ0n) is 11.3. The molecule has 4 heteroatoms. The number of ether oxygens (including phenoxy) is 1. The van der Waals surface area contributed by atoms with E-state index in [1.165, 1.54) is 24.3 Å². The summed E-state index contributed by atoms with van der Waals surface area (Å²) in [6, 6.07) is 10.1. The van der Waals surface area contributed by atoms with Gasteiger partial charge < -0.3 is 9.84 Å². The third-order valence-electron chi connectivity index (χ3n) is 2.71. The summed E-state index contributed by atoms with van der Waals surface area (Å²) in [4.78, 5) is 0. The fourth-order valence-corrected chi connectivity index (χ4v) is 1.65. The van der Waals surface area contributed by atoms with Gasteiger partial charge in [-0.2, -0.15) is 0 Å². The maximum Gasteiger partial charge on any atom is 0.165 e. The van der Waals surface area contributed by atoms with Gasteiger partial charge in [-0.15, -0.1) is 0 Å². The molecule has 0 aliphatic heterocycles. The van der Waals surface area contributed by atoms with Crippen molar-refractivity contribution in [3.05, 3.63) is 65.2 Å². The molecule has 2 aromatic carbocycles. The van der Waals surface area contributed by atoms with Crippen LogP contribution in [-0.4, -0.2) is 11.7 Å². The van der Waals surface area contributed by atoms with Crippen molar-refractivity contribution in [1.82, 2.24) is 0 Å². The topological polar surface area (TPSA) is 29.5 Å². The van der Waals surface area contributed by atoms with Crippen LogP contribution < -0.4 is 4.74 Å². The van der Waals surface area contributed by atoms with E-state index in [1.807, 2.05) is 0 Å². The first-order chi connectivity index (χ1) is 10.2. The van der Waals surface area contributed by atoms with E-state index in [0.717, 1.165) is 5.56 Å². The predicted octanol–water partition coefficient (Wildman–Crippen LogP) is 3.28. The Bertz CT molecular complexity index is 655. The monoisotopic (exact) mass is 288 g/mol. The number of rotatable bonds is 4. The van der Waals surface area contributed by atoms with E-state index in [4.69, 9.17) is 9.84 Å². The lowest BCUT2D eigenvalue weighted by atomic mass is 10.2. The van der Waals surface area contributed by atoms with Crippen LogP contribution in [0, 0.1) is 23.5 Å². The molecular weight excluding hydrogens is 274 g/mol. The minimum absolute atomic E-state index is 0.0118. The molecule has 0 bridgehead atoms. The Kier molecular flexibility index (Phi) is 5.30. The van der Waals surface area contributed by atoms with Crippen molar-refractivity contribution in [2.45, 2.75) is 13.0 Å². The molecule has 0 unspecified atom stereocenters. The molecule has 2 nitrogen and oxygen atoms in total. The highest BCUT2D eigenvalue weighted by Gasteiger charge is 2.04. The molecule has 0 aliphatic rings. The molecule has 21 heavy (non-hydrogen) atoms. The Morgan fingerprint density at radius 1 is 1.05 bits per heavy atom. The molecule has 0 spiro atoms. The second-order valence-electron chi connectivity index (χ2n) is 4.34. The highest BCUT2D eigenvalue weighted by molar-refractivity contribution is 5.40. The van der Waals surface area contributed by atoms with Crippen molar-refractivity contribution in [3.63, 3.8) is 0 Å². The fourth-order valence-electron chi connectivity index (χ4n) is 1.65. The number of hydrogen-bond acceptors (Lipinski definition) is 2. The summed E-state index contributed by atoms with van der Waals surface area (Å²) < 4.78 is 31.8. The number of halogens is 2. The molecule has 0 aromatic heterocycles. The molecule has 0 heterocycles. The van der Waals surface area contributed by atoms with Crippen LogP contribution in [0.5, 0.6) is 5.75 Å². The standard InChI is InChI=1S/C17H14F2O2/c18-15-7-4-14(5-8-15)12-21-17-11-13(3-1-2-10-20)6-9-16(17)19/h4-9,11,20H,2,10,12H2. The first kappa shape index (κ1) is 15.0. The summed E-state index contributed by atoms with van der Waals surface area (Å²) in [6.45, 7) is 0.132. The van der Waals surface area contributed by atoms with Crippen LogP contribution in [0.2, 0.25) is 0 Å². The number of hydrogen-bond donors (Lipinski definition) is 1. The summed E-state index contributed by atoms with van der Waals surface area (Å²) in [5, 5.41) is 8.66. The molecule has 2 aromatic rings. The lowest BCUT2D eigenvalue weighted by Crippen LogP contribution is -1.98. The average Bonchev–Trinajstić information content (AvgIpc) is 2.49. The van der Waals surface area contributed by atoms with Gasteiger partial charge in [0, 0.05) is 12.0 Å². The normalized spacial score (nSPS) is 9.86. The van der Waals surface area contributed by atoms with E-state index in [9.17, 15) is 8.78 Å². The second kappa shape index (κ2) is 7.41. The SMILES string of the molecule is OCCC#Cc1ccc(F)c(OCc2ccc(F)cc2)c1. The van der Waals surface area contributed by atoms with Gasteiger partial charge in [0.1, 0.15) is 12.4 Å². The van der Waals surface area contributed by atoms with Crippen LogP contribution >= 0.6 is 0 Å². The molecule has 0 saturated heterocycles. The Morgan fingerprint density at radius 3 is 2.52 bits per heavy atom. The van der Waals surface area contributed by atoms with Gasteiger partial charge in [0.2, 0.25) is 0 Å². The smallest absolute Gasteiger partial charge is 0.165 e. The number of benzene rings is 2. The van der Waals surface area contributed by atoms with Gasteiger partial charge in [-0.25, -0.2) is 8.78 Å². The summed E-state index contributed by atoms with van der Waals surface area (Å²) >= 11 is 0. The maximum atomic E-state index is 13.7.